The summed E-state index contributed by atoms with van der Waals surface area (Å²) < 4.78 is 5.16. The molecule has 0 unspecified atom stereocenters. The van der Waals surface area contributed by atoms with E-state index in [1.54, 1.807) is 0 Å². The predicted molar refractivity (Wildman–Crippen MR) is 111 cm³/mol. The Kier molecular flexibility index (Phi) is 4.61. The molecule has 27 heavy (non-hydrogen) atoms. The fourth-order valence-corrected chi connectivity index (χ4v) is 3.81. The minimum atomic E-state index is 0. The van der Waals surface area contributed by atoms with Crippen molar-refractivity contribution in [1.29, 1.82) is 0 Å². The van der Waals surface area contributed by atoms with E-state index in [2.05, 4.69) is 55.8 Å². The van der Waals surface area contributed by atoms with E-state index < -0.39 is 0 Å². The molecule has 0 atom stereocenters. The van der Waals surface area contributed by atoms with Gasteiger partial charge < -0.3 is 4.57 Å². The summed E-state index contributed by atoms with van der Waals surface area (Å²) >= 11 is 3.59. The minimum absolute atomic E-state index is 0. The van der Waals surface area contributed by atoms with Crippen LogP contribution in [-0.4, -0.2) is 24.3 Å². The zero-order valence-corrected chi connectivity index (χ0v) is 17.0. The number of halogens is 2. The van der Waals surface area contributed by atoms with Crippen LogP contribution in [0.25, 0.3) is 17.1 Å². The maximum absolute atomic E-state index is 4.88. The lowest BCUT2D eigenvalue weighted by atomic mass is 10.1. The first kappa shape index (κ1) is 17.9. The molecular weight excluding hydrogens is 426 g/mol. The Morgan fingerprint density at radius 1 is 1.11 bits per heavy atom. The van der Waals surface area contributed by atoms with Crippen molar-refractivity contribution in [2.45, 2.75) is 19.9 Å². The van der Waals surface area contributed by atoms with Crippen LogP contribution in [0.3, 0.4) is 0 Å². The number of imidazole rings is 1. The first-order chi connectivity index (χ1) is 12.7. The summed E-state index contributed by atoms with van der Waals surface area (Å²) in [6.07, 6.45) is 2.61. The smallest absolute Gasteiger partial charge is 0.160 e. The van der Waals surface area contributed by atoms with Gasteiger partial charge in [-0.15, -0.1) is 12.4 Å². The third-order valence-electron chi connectivity index (χ3n) is 4.75. The van der Waals surface area contributed by atoms with Gasteiger partial charge in [-0.2, -0.15) is 5.10 Å². The van der Waals surface area contributed by atoms with E-state index in [0.717, 1.165) is 45.2 Å². The van der Waals surface area contributed by atoms with Gasteiger partial charge in [-0.1, -0.05) is 46.3 Å². The van der Waals surface area contributed by atoms with Gasteiger partial charge in [0.2, 0.25) is 0 Å². The summed E-state index contributed by atoms with van der Waals surface area (Å²) in [5.74, 6) is 1.73. The van der Waals surface area contributed by atoms with E-state index in [1.807, 2.05) is 36.1 Å². The molecule has 0 amide bonds. The summed E-state index contributed by atoms with van der Waals surface area (Å²) in [5, 5.41) is 4.80. The Morgan fingerprint density at radius 2 is 1.93 bits per heavy atom. The normalized spacial score (nSPS) is 11.8. The first-order valence-electron chi connectivity index (χ1n) is 8.50. The Balaban J connectivity index is 0.00000180. The molecule has 2 aromatic heterocycles. The molecule has 7 heteroatoms. The van der Waals surface area contributed by atoms with Gasteiger partial charge >= 0.3 is 0 Å². The van der Waals surface area contributed by atoms with Crippen LogP contribution in [0.5, 0.6) is 0 Å². The van der Waals surface area contributed by atoms with Crippen molar-refractivity contribution in [3.63, 3.8) is 0 Å². The van der Waals surface area contributed by atoms with Gasteiger partial charge in [0.05, 0.1) is 29.9 Å². The van der Waals surface area contributed by atoms with E-state index in [-0.39, 0.29) is 12.4 Å². The third-order valence-corrected chi connectivity index (χ3v) is 5.25. The van der Waals surface area contributed by atoms with Crippen LogP contribution in [0.1, 0.15) is 22.8 Å². The average Bonchev–Trinajstić information content (AvgIpc) is 3.17. The maximum atomic E-state index is 4.88. The molecule has 1 aliphatic rings. The highest BCUT2D eigenvalue weighted by molar-refractivity contribution is 9.10. The molecule has 1 aliphatic heterocycles. The zero-order chi connectivity index (χ0) is 17.7. The van der Waals surface area contributed by atoms with Crippen molar-refractivity contribution >= 4 is 28.3 Å². The van der Waals surface area contributed by atoms with Crippen molar-refractivity contribution in [2.24, 2.45) is 0 Å². The Morgan fingerprint density at radius 3 is 2.74 bits per heavy atom. The molecule has 5 nitrogen and oxygen atoms in total. The number of hydrogen-bond donors (Lipinski definition) is 0. The summed E-state index contributed by atoms with van der Waals surface area (Å²) in [4.78, 5) is 9.38. The third kappa shape index (κ3) is 3.09. The van der Waals surface area contributed by atoms with Gasteiger partial charge in [-0.3, -0.25) is 0 Å². The zero-order valence-electron chi connectivity index (χ0n) is 14.6. The highest BCUT2D eigenvalue weighted by atomic mass is 79.9. The number of benzene rings is 2. The Hall–Kier alpha value is -2.44. The Bertz CT molecular complexity index is 1120. The fraction of sp³-hybridized carbons (Fsp3) is 0.150. The van der Waals surface area contributed by atoms with Crippen molar-refractivity contribution in [2.75, 3.05) is 0 Å². The van der Waals surface area contributed by atoms with Crippen LogP contribution >= 0.6 is 28.3 Å². The van der Waals surface area contributed by atoms with Gasteiger partial charge in [0.25, 0.3) is 0 Å². The number of hydrogen-bond acceptors (Lipinski definition) is 3. The monoisotopic (exact) mass is 441 g/mol. The largest absolute Gasteiger partial charge is 0.300 e. The molecule has 4 aromatic rings. The van der Waals surface area contributed by atoms with Gasteiger partial charge in [-0.25, -0.2) is 14.6 Å². The van der Waals surface area contributed by atoms with E-state index in [0.29, 0.717) is 6.54 Å². The average molecular weight is 443 g/mol. The number of aromatic nitrogens is 5. The molecule has 0 spiro atoms. The molecule has 0 fully saturated rings. The molecule has 136 valence electrons. The topological polar surface area (TPSA) is 48.5 Å². The maximum Gasteiger partial charge on any atom is 0.160 e. The van der Waals surface area contributed by atoms with Crippen LogP contribution in [0, 0.1) is 6.92 Å². The summed E-state index contributed by atoms with van der Waals surface area (Å²) in [7, 11) is 0. The molecule has 0 N–H and O–H groups in total. The highest BCUT2D eigenvalue weighted by Crippen LogP contribution is 2.33. The van der Waals surface area contributed by atoms with Crippen LogP contribution in [0.15, 0.2) is 59.3 Å². The Labute approximate surface area is 171 Å². The van der Waals surface area contributed by atoms with Crippen molar-refractivity contribution in [3.05, 3.63) is 82.1 Å². The molecule has 0 aliphatic carbocycles. The lowest BCUT2D eigenvalue weighted by Crippen LogP contribution is -2.06. The highest BCUT2D eigenvalue weighted by Gasteiger charge is 2.24. The molecule has 2 aromatic carbocycles. The summed E-state index contributed by atoms with van der Waals surface area (Å²) in [5.41, 5.74) is 5.52. The summed E-state index contributed by atoms with van der Waals surface area (Å²) in [6, 6.07) is 16.6. The second kappa shape index (κ2) is 6.94. The van der Waals surface area contributed by atoms with E-state index in [9.17, 15) is 0 Å². The molecular formula is C20H17BrClN5. The number of aryl methyl sites for hydroxylation is 1. The minimum Gasteiger partial charge on any atom is -0.300 e. The summed E-state index contributed by atoms with van der Waals surface area (Å²) in [6.45, 7) is 2.70. The second-order valence-corrected chi connectivity index (χ2v) is 7.40. The first-order valence-corrected chi connectivity index (χ1v) is 9.29. The quantitative estimate of drug-likeness (QED) is 0.402. The van der Waals surface area contributed by atoms with E-state index in [1.165, 1.54) is 5.56 Å². The van der Waals surface area contributed by atoms with Gasteiger partial charge in [-0.05, 0) is 30.7 Å². The lowest BCUT2D eigenvalue weighted by molar-refractivity contribution is 0.664. The SMILES string of the molecule is Cc1ncn2c1Cn1nc(Cc3ccccc3)nc1-c1cc(Br)ccc1-2.Cl. The van der Waals surface area contributed by atoms with Crippen molar-refractivity contribution < 1.29 is 0 Å². The van der Waals surface area contributed by atoms with Crippen molar-refractivity contribution in [3.8, 4) is 17.1 Å². The van der Waals surface area contributed by atoms with Gasteiger partial charge in [0, 0.05) is 16.5 Å². The van der Waals surface area contributed by atoms with Crippen molar-refractivity contribution in [1.82, 2.24) is 24.3 Å². The van der Waals surface area contributed by atoms with E-state index >= 15 is 0 Å². The van der Waals surface area contributed by atoms with Crippen LogP contribution < -0.4 is 0 Å². The number of nitrogens with zero attached hydrogens (tertiary/aromatic N) is 5. The molecule has 0 saturated heterocycles. The van der Waals surface area contributed by atoms with E-state index in [4.69, 9.17) is 10.1 Å². The van der Waals surface area contributed by atoms with Crippen LogP contribution in [-0.2, 0) is 13.0 Å². The lowest BCUT2D eigenvalue weighted by Gasteiger charge is -2.08. The molecule has 0 radical (unpaired) electrons. The van der Waals surface area contributed by atoms with Crippen LogP contribution in [0.4, 0.5) is 0 Å². The molecule has 0 bridgehead atoms. The molecule has 3 heterocycles. The number of rotatable bonds is 2. The standard InChI is InChI=1S/C20H16BrN5.ClH/c1-13-18-11-26-20(23-19(24-26)9-14-5-3-2-4-6-14)16-10-15(21)7-8-17(16)25(18)12-22-13;/h2-8,10,12H,9,11H2,1H3;1H. The predicted octanol–water partition coefficient (Wildman–Crippen LogP) is 4.58. The fourth-order valence-electron chi connectivity index (χ4n) is 3.45. The van der Waals surface area contributed by atoms with Crippen LogP contribution in [0.2, 0.25) is 0 Å². The second-order valence-electron chi connectivity index (χ2n) is 6.48. The molecule has 5 rings (SSSR count). The number of fused-ring (bicyclic) bond motifs is 5. The van der Waals surface area contributed by atoms with Gasteiger partial charge in [0.15, 0.2) is 11.6 Å². The molecule has 0 saturated carbocycles. The van der Waals surface area contributed by atoms with Gasteiger partial charge in [0.1, 0.15) is 0 Å².